The number of nitrogens with zero attached hydrogens (tertiary/aromatic N) is 1. The van der Waals surface area contributed by atoms with E-state index in [4.69, 9.17) is 4.74 Å². The van der Waals surface area contributed by atoms with Crippen LogP contribution < -0.4 is 0 Å². The standard InChI is InChI=1S/C18H18FNO4/c1-23-17(21)14-4-2-12(3-5-14)10-20-11-16(24-18(20)22)13-6-8-15(19)9-7-13/h2-8,15-16H,9-11H2,1H3. The lowest BCUT2D eigenvalue weighted by molar-refractivity contribution is 0.0600. The van der Waals surface area contributed by atoms with Gasteiger partial charge in [-0.2, -0.15) is 0 Å². The number of alkyl halides is 1. The predicted molar refractivity (Wildman–Crippen MR) is 85.2 cm³/mol. The molecule has 0 N–H and O–H groups in total. The summed E-state index contributed by atoms with van der Waals surface area (Å²) in [5.41, 5.74) is 2.18. The number of ether oxygens (including phenoxy) is 2. The fourth-order valence-electron chi connectivity index (χ4n) is 2.74. The number of halogens is 1. The predicted octanol–water partition coefficient (Wildman–Crippen LogP) is 3.02. The minimum absolute atomic E-state index is 0.314. The number of carbonyl (C=O) groups excluding carboxylic acids is 2. The molecule has 1 aromatic rings. The van der Waals surface area contributed by atoms with E-state index in [2.05, 4.69) is 4.74 Å². The van der Waals surface area contributed by atoms with Crippen molar-refractivity contribution < 1.29 is 23.5 Å². The van der Waals surface area contributed by atoms with Gasteiger partial charge in [-0.1, -0.05) is 24.3 Å². The molecule has 2 atom stereocenters. The number of allylic oxidation sites excluding steroid dienone is 2. The second-order valence-corrected chi connectivity index (χ2v) is 5.76. The van der Waals surface area contributed by atoms with E-state index in [1.54, 1.807) is 41.3 Å². The molecule has 0 radical (unpaired) electrons. The summed E-state index contributed by atoms with van der Waals surface area (Å²) >= 11 is 0. The molecule has 1 fully saturated rings. The van der Waals surface area contributed by atoms with Crippen LogP contribution in [-0.4, -0.2) is 42.9 Å². The Morgan fingerprint density at radius 3 is 2.75 bits per heavy atom. The van der Waals surface area contributed by atoms with Crippen molar-refractivity contribution in [3.63, 3.8) is 0 Å². The van der Waals surface area contributed by atoms with Crippen molar-refractivity contribution in [2.24, 2.45) is 0 Å². The Balaban J connectivity index is 1.63. The third-order valence-corrected chi connectivity index (χ3v) is 4.08. The van der Waals surface area contributed by atoms with Crippen molar-refractivity contribution in [1.29, 1.82) is 0 Å². The summed E-state index contributed by atoms with van der Waals surface area (Å²) in [6, 6.07) is 6.88. The fourth-order valence-corrected chi connectivity index (χ4v) is 2.74. The summed E-state index contributed by atoms with van der Waals surface area (Å²) in [7, 11) is 1.33. The average molecular weight is 331 g/mol. The number of cyclic esters (lactones) is 1. The minimum Gasteiger partial charge on any atom is -0.465 e. The first-order valence-electron chi connectivity index (χ1n) is 7.72. The van der Waals surface area contributed by atoms with Crippen molar-refractivity contribution in [2.45, 2.75) is 25.2 Å². The first-order chi connectivity index (χ1) is 11.6. The third-order valence-electron chi connectivity index (χ3n) is 4.08. The van der Waals surface area contributed by atoms with Crippen LogP contribution in [0, 0.1) is 0 Å². The summed E-state index contributed by atoms with van der Waals surface area (Å²) in [6.45, 7) is 0.810. The molecule has 6 heteroatoms. The van der Waals surface area contributed by atoms with Gasteiger partial charge in [0.2, 0.25) is 0 Å². The van der Waals surface area contributed by atoms with Crippen LogP contribution in [0.3, 0.4) is 0 Å². The van der Waals surface area contributed by atoms with Crippen LogP contribution in [-0.2, 0) is 16.0 Å². The number of carbonyl (C=O) groups is 2. The van der Waals surface area contributed by atoms with Crippen LogP contribution in [0.25, 0.3) is 0 Å². The van der Waals surface area contributed by atoms with Crippen molar-refractivity contribution in [3.05, 3.63) is 59.2 Å². The number of esters is 1. The molecule has 24 heavy (non-hydrogen) atoms. The monoisotopic (exact) mass is 331 g/mol. The van der Waals surface area contributed by atoms with Crippen LogP contribution >= 0.6 is 0 Å². The first kappa shape index (κ1) is 16.2. The van der Waals surface area contributed by atoms with E-state index in [9.17, 15) is 14.0 Å². The molecule has 0 saturated carbocycles. The summed E-state index contributed by atoms with van der Waals surface area (Å²) in [4.78, 5) is 25.0. The number of methoxy groups -OCH3 is 1. The molecule has 5 nitrogen and oxygen atoms in total. The molecule has 0 aromatic heterocycles. The molecule has 126 valence electrons. The molecule has 3 rings (SSSR count). The average Bonchev–Trinajstić information content (AvgIpc) is 2.96. The van der Waals surface area contributed by atoms with Crippen molar-refractivity contribution in [1.82, 2.24) is 4.90 Å². The lowest BCUT2D eigenvalue weighted by atomic mass is 10.0. The maximum atomic E-state index is 13.1. The fraction of sp³-hybridized carbons (Fsp3) is 0.333. The molecule has 1 heterocycles. The number of benzene rings is 1. The lowest BCUT2D eigenvalue weighted by Crippen LogP contribution is -2.25. The van der Waals surface area contributed by atoms with Gasteiger partial charge in [-0.05, 0) is 29.3 Å². The van der Waals surface area contributed by atoms with Gasteiger partial charge in [0.15, 0.2) is 0 Å². The van der Waals surface area contributed by atoms with Crippen molar-refractivity contribution >= 4 is 12.1 Å². The Morgan fingerprint density at radius 2 is 2.12 bits per heavy atom. The Hall–Kier alpha value is -2.63. The zero-order valence-corrected chi connectivity index (χ0v) is 13.3. The van der Waals surface area contributed by atoms with Crippen LogP contribution in [0.2, 0.25) is 0 Å². The highest BCUT2D eigenvalue weighted by Gasteiger charge is 2.33. The molecule has 2 unspecified atom stereocenters. The van der Waals surface area contributed by atoms with Gasteiger partial charge >= 0.3 is 12.1 Å². The molecular formula is C18H18FNO4. The van der Waals surface area contributed by atoms with Gasteiger partial charge in [0.25, 0.3) is 0 Å². The van der Waals surface area contributed by atoms with E-state index in [0.717, 1.165) is 11.1 Å². The van der Waals surface area contributed by atoms with E-state index in [-0.39, 0.29) is 6.10 Å². The van der Waals surface area contributed by atoms with Gasteiger partial charge < -0.3 is 9.47 Å². The first-order valence-corrected chi connectivity index (χ1v) is 7.72. The van der Waals surface area contributed by atoms with Crippen molar-refractivity contribution in [2.75, 3.05) is 13.7 Å². The summed E-state index contributed by atoms with van der Waals surface area (Å²) in [5, 5.41) is 0. The highest BCUT2D eigenvalue weighted by atomic mass is 19.1. The van der Waals surface area contributed by atoms with E-state index in [1.807, 2.05) is 0 Å². The molecule has 1 saturated heterocycles. The van der Waals surface area contributed by atoms with E-state index in [1.165, 1.54) is 13.2 Å². The van der Waals surface area contributed by atoms with Gasteiger partial charge in [0.05, 0.1) is 19.2 Å². The van der Waals surface area contributed by atoms with Gasteiger partial charge in [-0.3, -0.25) is 4.90 Å². The Morgan fingerprint density at radius 1 is 1.38 bits per heavy atom. The molecule has 1 aliphatic heterocycles. The van der Waals surface area contributed by atoms with Crippen molar-refractivity contribution in [3.8, 4) is 0 Å². The highest BCUT2D eigenvalue weighted by molar-refractivity contribution is 5.89. The summed E-state index contributed by atoms with van der Waals surface area (Å²) < 4.78 is 23.1. The van der Waals surface area contributed by atoms with E-state index >= 15 is 0 Å². The normalized spacial score (nSPS) is 23.0. The number of hydrogen-bond acceptors (Lipinski definition) is 4. The molecule has 0 spiro atoms. The van der Waals surface area contributed by atoms with E-state index < -0.39 is 18.2 Å². The molecule has 1 aliphatic carbocycles. The summed E-state index contributed by atoms with van der Waals surface area (Å²) in [5.74, 6) is -0.399. The smallest absolute Gasteiger partial charge is 0.410 e. The SMILES string of the molecule is COC(=O)c1ccc(CN2CC(C3=CCC(F)C=C3)OC2=O)cc1. The second-order valence-electron chi connectivity index (χ2n) is 5.76. The number of hydrogen-bond donors (Lipinski definition) is 0. The van der Waals surface area contributed by atoms with Crippen LogP contribution in [0.15, 0.2) is 48.1 Å². The largest absolute Gasteiger partial charge is 0.465 e. The highest BCUT2D eigenvalue weighted by Crippen LogP contribution is 2.24. The quantitative estimate of drug-likeness (QED) is 0.796. The number of rotatable bonds is 4. The zero-order chi connectivity index (χ0) is 17.1. The summed E-state index contributed by atoms with van der Waals surface area (Å²) in [6.07, 6.45) is 3.53. The van der Waals surface area contributed by atoms with Crippen LogP contribution in [0.5, 0.6) is 0 Å². The maximum Gasteiger partial charge on any atom is 0.410 e. The second kappa shape index (κ2) is 6.86. The number of amides is 1. The Labute approximate surface area is 139 Å². The third kappa shape index (κ3) is 3.48. The topological polar surface area (TPSA) is 55.8 Å². The maximum absolute atomic E-state index is 13.1. The Bertz CT molecular complexity index is 695. The zero-order valence-electron chi connectivity index (χ0n) is 13.3. The molecular weight excluding hydrogens is 313 g/mol. The minimum atomic E-state index is -0.963. The Kier molecular flexibility index (Phi) is 4.64. The van der Waals surface area contributed by atoms with Crippen LogP contribution in [0.1, 0.15) is 22.3 Å². The molecule has 0 bridgehead atoms. The lowest BCUT2D eigenvalue weighted by Gasteiger charge is -2.15. The van der Waals surface area contributed by atoms with Gasteiger partial charge in [0, 0.05) is 13.0 Å². The molecule has 1 amide bonds. The van der Waals surface area contributed by atoms with Gasteiger partial charge in [-0.25, -0.2) is 14.0 Å². The van der Waals surface area contributed by atoms with Gasteiger partial charge in [-0.15, -0.1) is 0 Å². The van der Waals surface area contributed by atoms with Crippen LogP contribution in [0.4, 0.5) is 9.18 Å². The molecule has 1 aromatic carbocycles. The molecule has 2 aliphatic rings. The van der Waals surface area contributed by atoms with E-state index in [0.29, 0.717) is 25.1 Å². The van der Waals surface area contributed by atoms with Gasteiger partial charge in [0.1, 0.15) is 12.3 Å².